The minimum atomic E-state index is -0.754. The lowest BCUT2D eigenvalue weighted by Crippen LogP contribution is -2.29. The van der Waals surface area contributed by atoms with E-state index in [2.05, 4.69) is 9.47 Å². The summed E-state index contributed by atoms with van der Waals surface area (Å²) in [6.45, 7) is 3.19. The van der Waals surface area contributed by atoms with Crippen molar-refractivity contribution in [3.8, 4) is 0 Å². The number of carbonyl (C=O) groups excluding carboxylic acids is 3. The Kier molecular flexibility index (Phi) is 11.5. The van der Waals surface area contributed by atoms with E-state index < -0.39 is 24.0 Å². The highest BCUT2D eigenvalue weighted by Crippen LogP contribution is 1.97. The standard InChI is InChI=1S/C9H14O6.CH2O2/c1-6(10)13-4-9(15-8(3)12)5-14-7(2)11;2-1-3/h9H,4-5H2,1-3H3;1H,(H,2,3). The first kappa shape index (κ1) is 18.3. The van der Waals surface area contributed by atoms with E-state index in [0.29, 0.717) is 0 Å². The second kappa shape index (κ2) is 11.4. The summed E-state index contributed by atoms with van der Waals surface area (Å²) >= 11 is 0. The van der Waals surface area contributed by atoms with E-state index in [0.717, 1.165) is 0 Å². The average Bonchev–Trinajstić information content (AvgIpc) is 2.22. The van der Waals surface area contributed by atoms with Gasteiger partial charge in [-0.1, -0.05) is 0 Å². The summed E-state index contributed by atoms with van der Waals surface area (Å²) in [6, 6.07) is 0. The summed E-state index contributed by atoms with van der Waals surface area (Å²) in [6.07, 6.45) is -0.754. The van der Waals surface area contributed by atoms with Crippen molar-refractivity contribution in [1.29, 1.82) is 0 Å². The van der Waals surface area contributed by atoms with Gasteiger partial charge in [0.15, 0.2) is 6.10 Å². The van der Waals surface area contributed by atoms with E-state index in [4.69, 9.17) is 14.6 Å². The Morgan fingerprint density at radius 2 is 1.33 bits per heavy atom. The Bertz CT molecular complexity index is 268. The van der Waals surface area contributed by atoms with E-state index in [1.165, 1.54) is 20.8 Å². The molecule has 18 heavy (non-hydrogen) atoms. The van der Waals surface area contributed by atoms with Gasteiger partial charge in [0.25, 0.3) is 6.47 Å². The largest absolute Gasteiger partial charge is 0.483 e. The molecule has 0 atom stereocenters. The van der Waals surface area contributed by atoms with Gasteiger partial charge in [0.2, 0.25) is 0 Å². The van der Waals surface area contributed by atoms with Gasteiger partial charge in [0.05, 0.1) is 0 Å². The SMILES string of the molecule is CC(=O)OCC(COC(C)=O)OC(C)=O.O=CO. The molecule has 104 valence electrons. The molecule has 0 unspecified atom stereocenters. The predicted molar refractivity (Wildman–Crippen MR) is 57.5 cm³/mol. The van der Waals surface area contributed by atoms with Crippen LogP contribution in [0, 0.1) is 0 Å². The van der Waals surface area contributed by atoms with E-state index in [1.54, 1.807) is 0 Å². The van der Waals surface area contributed by atoms with Crippen LogP contribution in [0.2, 0.25) is 0 Å². The van der Waals surface area contributed by atoms with Crippen molar-refractivity contribution >= 4 is 24.4 Å². The molecule has 0 radical (unpaired) electrons. The van der Waals surface area contributed by atoms with Crippen LogP contribution in [0.1, 0.15) is 20.8 Å². The zero-order chi connectivity index (χ0) is 14.6. The molecule has 1 N–H and O–H groups in total. The second-order valence-corrected chi connectivity index (χ2v) is 2.94. The molecule has 0 spiro atoms. The highest BCUT2D eigenvalue weighted by Gasteiger charge is 2.15. The average molecular weight is 264 g/mol. The molecular weight excluding hydrogens is 248 g/mol. The molecule has 0 heterocycles. The number of esters is 3. The van der Waals surface area contributed by atoms with Crippen molar-refractivity contribution in [3.05, 3.63) is 0 Å². The van der Waals surface area contributed by atoms with Crippen molar-refractivity contribution in [2.24, 2.45) is 0 Å². The van der Waals surface area contributed by atoms with Gasteiger partial charge in [0.1, 0.15) is 13.2 Å². The summed E-state index contributed by atoms with van der Waals surface area (Å²) in [5.74, 6) is -1.51. The van der Waals surface area contributed by atoms with Gasteiger partial charge in [-0.15, -0.1) is 0 Å². The van der Waals surface area contributed by atoms with Crippen LogP contribution in [-0.2, 0) is 33.4 Å². The third-order valence-electron chi connectivity index (χ3n) is 1.28. The van der Waals surface area contributed by atoms with Crippen molar-refractivity contribution in [3.63, 3.8) is 0 Å². The Morgan fingerprint density at radius 1 is 1.00 bits per heavy atom. The summed E-state index contributed by atoms with van der Waals surface area (Å²) in [5, 5.41) is 6.89. The summed E-state index contributed by atoms with van der Waals surface area (Å²) in [4.78, 5) is 40.0. The fourth-order valence-corrected chi connectivity index (χ4v) is 0.771. The lowest BCUT2D eigenvalue weighted by molar-refractivity contribution is -0.163. The minimum absolute atomic E-state index is 0.123. The lowest BCUT2D eigenvalue weighted by Gasteiger charge is -2.15. The van der Waals surface area contributed by atoms with Gasteiger partial charge in [-0.25, -0.2) is 0 Å². The van der Waals surface area contributed by atoms with E-state index >= 15 is 0 Å². The molecule has 0 aromatic carbocycles. The van der Waals surface area contributed by atoms with E-state index in [1.807, 2.05) is 0 Å². The number of hydrogen-bond donors (Lipinski definition) is 1. The van der Waals surface area contributed by atoms with Crippen molar-refractivity contribution < 1.29 is 38.5 Å². The molecule has 0 fully saturated rings. The van der Waals surface area contributed by atoms with Crippen LogP contribution in [0.25, 0.3) is 0 Å². The highest BCUT2D eigenvalue weighted by molar-refractivity contribution is 5.67. The van der Waals surface area contributed by atoms with Crippen molar-refractivity contribution in [2.45, 2.75) is 26.9 Å². The number of carbonyl (C=O) groups is 4. The monoisotopic (exact) mass is 264 g/mol. The number of ether oxygens (including phenoxy) is 3. The smallest absolute Gasteiger partial charge is 0.303 e. The Morgan fingerprint density at radius 3 is 1.56 bits per heavy atom. The molecule has 0 saturated carbocycles. The van der Waals surface area contributed by atoms with Gasteiger partial charge >= 0.3 is 17.9 Å². The predicted octanol–water partition coefficient (Wildman–Crippen LogP) is -0.255. The van der Waals surface area contributed by atoms with Crippen LogP contribution in [0.15, 0.2) is 0 Å². The fraction of sp³-hybridized carbons (Fsp3) is 0.600. The molecule has 0 bridgehead atoms. The molecule has 0 aromatic rings. The zero-order valence-corrected chi connectivity index (χ0v) is 10.4. The van der Waals surface area contributed by atoms with Crippen molar-refractivity contribution in [2.75, 3.05) is 13.2 Å². The molecule has 0 amide bonds. The van der Waals surface area contributed by atoms with Gasteiger partial charge in [0, 0.05) is 20.8 Å². The van der Waals surface area contributed by atoms with Crippen LogP contribution in [0.5, 0.6) is 0 Å². The summed E-state index contributed by atoms with van der Waals surface area (Å²) in [7, 11) is 0. The Balaban J connectivity index is 0. The fourth-order valence-electron chi connectivity index (χ4n) is 0.771. The maximum atomic E-state index is 10.6. The van der Waals surface area contributed by atoms with E-state index in [-0.39, 0.29) is 19.7 Å². The quantitative estimate of drug-likeness (QED) is 0.410. The summed E-state index contributed by atoms with van der Waals surface area (Å²) < 4.78 is 14.0. The molecule has 0 rings (SSSR count). The first-order chi connectivity index (χ1) is 8.33. The first-order valence-corrected chi connectivity index (χ1v) is 4.85. The number of hydrogen-bond acceptors (Lipinski definition) is 7. The van der Waals surface area contributed by atoms with E-state index in [9.17, 15) is 14.4 Å². The Hall–Kier alpha value is -2.12. The molecular formula is C10H16O8. The van der Waals surface area contributed by atoms with Gasteiger partial charge < -0.3 is 19.3 Å². The Labute approximate surface area is 104 Å². The summed E-state index contributed by atoms with van der Waals surface area (Å²) in [5.41, 5.74) is 0. The molecule has 0 aliphatic rings. The van der Waals surface area contributed by atoms with Crippen LogP contribution in [-0.4, -0.2) is 48.8 Å². The number of rotatable bonds is 5. The first-order valence-electron chi connectivity index (χ1n) is 4.85. The molecule has 8 nitrogen and oxygen atoms in total. The minimum Gasteiger partial charge on any atom is -0.483 e. The lowest BCUT2D eigenvalue weighted by atomic mass is 10.4. The normalized spacial score (nSPS) is 8.67. The van der Waals surface area contributed by atoms with Crippen LogP contribution in [0.3, 0.4) is 0 Å². The van der Waals surface area contributed by atoms with Crippen LogP contribution >= 0.6 is 0 Å². The molecule has 0 aliphatic heterocycles. The van der Waals surface area contributed by atoms with Gasteiger partial charge in [-0.05, 0) is 0 Å². The maximum Gasteiger partial charge on any atom is 0.303 e. The maximum absolute atomic E-state index is 10.6. The molecule has 0 aliphatic carbocycles. The molecule has 8 heteroatoms. The second-order valence-electron chi connectivity index (χ2n) is 2.94. The zero-order valence-electron chi connectivity index (χ0n) is 10.4. The highest BCUT2D eigenvalue weighted by atomic mass is 16.6. The third-order valence-corrected chi connectivity index (χ3v) is 1.28. The topological polar surface area (TPSA) is 116 Å². The van der Waals surface area contributed by atoms with Crippen molar-refractivity contribution in [1.82, 2.24) is 0 Å². The van der Waals surface area contributed by atoms with Gasteiger partial charge in [-0.2, -0.15) is 0 Å². The number of carboxylic acid groups (broad SMARTS) is 1. The molecule has 0 saturated heterocycles. The third kappa shape index (κ3) is 16.3. The van der Waals surface area contributed by atoms with Crippen LogP contribution < -0.4 is 0 Å². The van der Waals surface area contributed by atoms with Crippen LogP contribution in [0.4, 0.5) is 0 Å². The van der Waals surface area contributed by atoms with Gasteiger partial charge in [-0.3, -0.25) is 19.2 Å². The molecule has 0 aromatic heterocycles.